The summed E-state index contributed by atoms with van der Waals surface area (Å²) in [7, 11) is 2.16. The van der Waals surface area contributed by atoms with Gasteiger partial charge in [-0.05, 0) is 54.9 Å². The Morgan fingerprint density at radius 1 is 0.828 bits per heavy atom. The van der Waals surface area contributed by atoms with E-state index >= 15 is 0 Å². The van der Waals surface area contributed by atoms with Crippen LogP contribution >= 0.6 is 0 Å². The second-order valence-corrected chi connectivity index (χ2v) is 7.61. The summed E-state index contributed by atoms with van der Waals surface area (Å²) in [5.41, 5.74) is 4.98. The first-order chi connectivity index (χ1) is 14.2. The quantitative estimate of drug-likeness (QED) is 0.712. The lowest BCUT2D eigenvalue weighted by Gasteiger charge is -2.34. The van der Waals surface area contributed by atoms with Gasteiger partial charge in [-0.15, -0.1) is 0 Å². The molecule has 0 aliphatic carbocycles. The van der Waals surface area contributed by atoms with E-state index in [1.54, 1.807) is 0 Å². The van der Waals surface area contributed by atoms with E-state index in [0.717, 1.165) is 49.4 Å². The fraction of sp³-hybridized carbons (Fsp3) is 0.240. The van der Waals surface area contributed by atoms with E-state index in [0.29, 0.717) is 0 Å². The zero-order valence-electron chi connectivity index (χ0n) is 16.8. The third-order valence-corrected chi connectivity index (χ3v) is 5.49. The summed E-state index contributed by atoms with van der Waals surface area (Å²) in [5, 5.41) is 3.06. The molecule has 4 nitrogen and oxygen atoms in total. The zero-order chi connectivity index (χ0) is 20.1. The monoisotopic (exact) mass is 385 g/mol. The predicted octanol–water partition coefficient (Wildman–Crippen LogP) is 4.28. The number of rotatable bonds is 5. The van der Waals surface area contributed by atoms with Gasteiger partial charge in [-0.3, -0.25) is 4.79 Å². The Kier molecular flexibility index (Phi) is 5.92. The molecule has 3 aromatic carbocycles. The third kappa shape index (κ3) is 4.84. The van der Waals surface area contributed by atoms with E-state index in [1.807, 2.05) is 54.6 Å². The van der Waals surface area contributed by atoms with Crippen molar-refractivity contribution in [3.8, 4) is 0 Å². The molecule has 0 saturated carbocycles. The van der Waals surface area contributed by atoms with Gasteiger partial charge in [-0.25, -0.2) is 0 Å². The van der Waals surface area contributed by atoms with Crippen LogP contribution in [0.15, 0.2) is 78.9 Å². The minimum Gasteiger partial charge on any atom is -0.369 e. The van der Waals surface area contributed by atoms with E-state index in [9.17, 15) is 4.79 Å². The minimum atomic E-state index is -0.0659. The first-order valence-corrected chi connectivity index (χ1v) is 10.2. The molecule has 4 rings (SSSR count). The van der Waals surface area contributed by atoms with Crippen LogP contribution in [0.3, 0.4) is 0 Å². The number of hydrogen-bond acceptors (Lipinski definition) is 3. The molecule has 1 heterocycles. The number of benzene rings is 3. The largest absolute Gasteiger partial charge is 0.369 e. The topological polar surface area (TPSA) is 35.6 Å². The number of anilines is 2. The molecule has 1 amide bonds. The highest BCUT2D eigenvalue weighted by molar-refractivity contribution is 6.05. The van der Waals surface area contributed by atoms with Crippen LogP contribution in [0.4, 0.5) is 11.4 Å². The molecule has 0 bridgehead atoms. The molecule has 1 aliphatic rings. The molecule has 0 aromatic heterocycles. The van der Waals surface area contributed by atoms with Gasteiger partial charge < -0.3 is 15.1 Å². The number of likely N-dealkylation sites (N-methyl/N-ethyl adjacent to an activating group) is 1. The number of nitrogens with one attached hydrogen (secondary N) is 1. The van der Waals surface area contributed by atoms with Gasteiger partial charge in [0, 0.05) is 43.1 Å². The standard InChI is InChI=1S/C25H27N3O/c1-27-15-17-28(18-16-27)23-13-11-22(12-14-23)26-25(29)24-10-6-5-9-21(24)19-20-7-3-2-4-8-20/h2-14H,15-19H2,1H3,(H,26,29). The highest BCUT2D eigenvalue weighted by Gasteiger charge is 2.15. The maximum Gasteiger partial charge on any atom is 0.255 e. The smallest absolute Gasteiger partial charge is 0.255 e. The first kappa shape index (κ1) is 19.2. The average molecular weight is 386 g/mol. The molecule has 3 aromatic rings. The lowest BCUT2D eigenvalue weighted by molar-refractivity contribution is 0.102. The van der Waals surface area contributed by atoms with E-state index in [4.69, 9.17) is 0 Å². The van der Waals surface area contributed by atoms with Crippen molar-refractivity contribution >= 4 is 17.3 Å². The maximum absolute atomic E-state index is 12.9. The van der Waals surface area contributed by atoms with Crippen molar-refractivity contribution in [3.05, 3.63) is 95.6 Å². The van der Waals surface area contributed by atoms with Crippen molar-refractivity contribution in [1.29, 1.82) is 0 Å². The Morgan fingerprint density at radius 3 is 2.21 bits per heavy atom. The van der Waals surface area contributed by atoms with Crippen molar-refractivity contribution in [3.63, 3.8) is 0 Å². The lowest BCUT2D eigenvalue weighted by atomic mass is 9.99. The number of carbonyl (C=O) groups is 1. The molecule has 0 atom stereocenters. The van der Waals surface area contributed by atoms with Gasteiger partial charge in [0.2, 0.25) is 0 Å². The number of nitrogens with zero attached hydrogens (tertiary/aromatic N) is 2. The van der Waals surface area contributed by atoms with Crippen molar-refractivity contribution in [2.24, 2.45) is 0 Å². The van der Waals surface area contributed by atoms with Crippen LogP contribution in [0.5, 0.6) is 0 Å². The normalized spacial score (nSPS) is 14.6. The molecule has 0 radical (unpaired) electrons. The van der Waals surface area contributed by atoms with Crippen molar-refractivity contribution in [2.45, 2.75) is 6.42 Å². The Morgan fingerprint density at radius 2 is 1.48 bits per heavy atom. The Bertz CT molecular complexity index is 945. The SMILES string of the molecule is CN1CCN(c2ccc(NC(=O)c3ccccc3Cc3ccccc3)cc2)CC1. The summed E-state index contributed by atoms with van der Waals surface area (Å²) < 4.78 is 0. The molecular weight excluding hydrogens is 358 g/mol. The van der Waals surface area contributed by atoms with Crippen LogP contribution in [-0.2, 0) is 6.42 Å². The molecule has 4 heteroatoms. The molecule has 1 aliphatic heterocycles. The molecule has 0 spiro atoms. The van der Waals surface area contributed by atoms with E-state index < -0.39 is 0 Å². The van der Waals surface area contributed by atoms with Crippen LogP contribution < -0.4 is 10.2 Å². The zero-order valence-corrected chi connectivity index (χ0v) is 16.8. The minimum absolute atomic E-state index is 0.0659. The summed E-state index contributed by atoms with van der Waals surface area (Å²) in [6.07, 6.45) is 0.743. The van der Waals surface area contributed by atoms with Crippen LogP contribution in [-0.4, -0.2) is 44.0 Å². The van der Waals surface area contributed by atoms with Gasteiger partial charge in [-0.2, -0.15) is 0 Å². The van der Waals surface area contributed by atoms with Crippen molar-refractivity contribution < 1.29 is 4.79 Å². The number of carbonyl (C=O) groups excluding carboxylic acids is 1. The second kappa shape index (κ2) is 8.93. The van der Waals surface area contributed by atoms with E-state index in [2.05, 4.69) is 46.4 Å². The second-order valence-electron chi connectivity index (χ2n) is 7.61. The highest BCUT2D eigenvalue weighted by atomic mass is 16.1. The van der Waals surface area contributed by atoms with Crippen LogP contribution in [0, 0.1) is 0 Å². The Hall–Kier alpha value is -3.11. The van der Waals surface area contributed by atoms with Gasteiger partial charge in [0.25, 0.3) is 5.91 Å². The fourth-order valence-electron chi connectivity index (χ4n) is 3.73. The van der Waals surface area contributed by atoms with E-state index in [-0.39, 0.29) is 5.91 Å². The molecule has 0 unspecified atom stereocenters. The predicted molar refractivity (Wildman–Crippen MR) is 120 cm³/mol. The molecule has 29 heavy (non-hydrogen) atoms. The summed E-state index contributed by atoms with van der Waals surface area (Å²) in [4.78, 5) is 17.7. The van der Waals surface area contributed by atoms with E-state index in [1.165, 1.54) is 11.3 Å². The molecule has 1 N–H and O–H groups in total. The Balaban J connectivity index is 1.44. The number of piperazine rings is 1. The number of hydrogen-bond donors (Lipinski definition) is 1. The average Bonchev–Trinajstić information content (AvgIpc) is 2.76. The molecule has 148 valence electrons. The number of amides is 1. The van der Waals surface area contributed by atoms with Crippen LogP contribution in [0.2, 0.25) is 0 Å². The molecular formula is C25H27N3O. The maximum atomic E-state index is 12.9. The van der Waals surface area contributed by atoms with Gasteiger partial charge in [0.05, 0.1) is 0 Å². The summed E-state index contributed by atoms with van der Waals surface area (Å²) in [5.74, 6) is -0.0659. The van der Waals surface area contributed by atoms with Crippen LogP contribution in [0.1, 0.15) is 21.5 Å². The van der Waals surface area contributed by atoms with Gasteiger partial charge in [0.1, 0.15) is 0 Å². The lowest BCUT2D eigenvalue weighted by Crippen LogP contribution is -2.44. The summed E-state index contributed by atoms with van der Waals surface area (Å²) in [6.45, 7) is 4.23. The molecule has 1 fully saturated rings. The van der Waals surface area contributed by atoms with Gasteiger partial charge in [-0.1, -0.05) is 48.5 Å². The summed E-state index contributed by atoms with van der Waals surface area (Å²) in [6, 6.07) is 26.2. The van der Waals surface area contributed by atoms with Crippen molar-refractivity contribution in [1.82, 2.24) is 4.90 Å². The van der Waals surface area contributed by atoms with Crippen molar-refractivity contribution in [2.75, 3.05) is 43.4 Å². The van der Waals surface area contributed by atoms with Crippen LogP contribution in [0.25, 0.3) is 0 Å². The van der Waals surface area contributed by atoms with Gasteiger partial charge in [0.15, 0.2) is 0 Å². The third-order valence-electron chi connectivity index (χ3n) is 5.49. The first-order valence-electron chi connectivity index (χ1n) is 10.2. The summed E-state index contributed by atoms with van der Waals surface area (Å²) >= 11 is 0. The molecule has 1 saturated heterocycles. The fourth-order valence-corrected chi connectivity index (χ4v) is 3.73. The highest BCUT2D eigenvalue weighted by Crippen LogP contribution is 2.21. The Labute approximate surface area is 172 Å². The van der Waals surface area contributed by atoms with Gasteiger partial charge >= 0.3 is 0 Å².